The van der Waals surface area contributed by atoms with E-state index in [9.17, 15) is 0 Å². The van der Waals surface area contributed by atoms with Gasteiger partial charge in [-0.2, -0.15) is 5.48 Å². The van der Waals surface area contributed by atoms with E-state index >= 15 is 0 Å². The lowest BCUT2D eigenvalue weighted by molar-refractivity contribution is 0.0867. The first kappa shape index (κ1) is 9.49. The lowest BCUT2D eigenvalue weighted by atomic mass is 10.1. The molecular weight excluding hydrogens is 176 g/mol. The number of hydroxylamine groups is 1. The second-order valence-corrected chi connectivity index (χ2v) is 3.66. The summed E-state index contributed by atoms with van der Waals surface area (Å²) in [6.45, 7) is 1.91. The van der Waals surface area contributed by atoms with Crippen LogP contribution in [0.25, 0.3) is 0 Å². The summed E-state index contributed by atoms with van der Waals surface area (Å²) in [5.74, 6) is 0. The molecule has 1 aromatic rings. The number of benzene rings is 1. The van der Waals surface area contributed by atoms with Crippen LogP contribution in [0, 0.1) is 0 Å². The monoisotopic (exact) mass is 192 g/mol. The molecule has 0 aliphatic carbocycles. The first-order chi connectivity index (χ1) is 6.81. The lowest BCUT2D eigenvalue weighted by Gasteiger charge is -2.12. The fourth-order valence-corrected chi connectivity index (χ4v) is 1.89. The molecule has 0 saturated carbocycles. The maximum atomic E-state index is 4.83. The van der Waals surface area contributed by atoms with E-state index in [0.29, 0.717) is 0 Å². The summed E-state index contributed by atoms with van der Waals surface area (Å²) in [6, 6.07) is 6.59. The van der Waals surface area contributed by atoms with Crippen LogP contribution in [-0.4, -0.2) is 20.7 Å². The van der Waals surface area contributed by atoms with Crippen LogP contribution in [0.15, 0.2) is 18.2 Å². The average molecular weight is 192 g/mol. The number of rotatable bonds is 3. The molecule has 3 heteroatoms. The predicted octanol–water partition coefficient (Wildman–Crippen LogP) is 1.33. The van der Waals surface area contributed by atoms with Crippen molar-refractivity contribution in [1.82, 2.24) is 5.48 Å². The van der Waals surface area contributed by atoms with Crippen molar-refractivity contribution in [1.29, 1.82) is 0 Å². The van der Waals surface area contributed by atoms with E-state index in [1.807, 2.05) is 0 Å². The number of nitrogens with one attached hydrogen (secondary N) is 1. The van der Waals surface area contributed by atoms with Gasteiger partial charge >= 0.3 is 0 Å². The molecular formula is C11H16N2O. The second-order valence-electron chi connectivity index (χ2n) is 3.66. The van der Waals surface area contributed by atoms with Crippen molar-refractivity contribution in [2.75, 3.05) is 25.6 Å². The summed E-state index contributed by atoms with van der Waals surface area (Å²) in [7, 11) is 3.78. The van der Waals surface area contributed by atoms with Crippen LogP contribution in [0.1, 0.15) is 11.1 Å². The van der Waals surface area contributed by atoms with Gasteiger partial charge in [-0.1, -0.05) is 12.1 Å². The van der Waals surface area contributed by atoms with Crippen molar-refractivity contribution in [2.45, 2.75) is 13.0 Å². The summed E-state index contributed by atoms with van der Waals surface area (Å²) in [5.41, 5.74) is 6.95. The minimum atomic E-state index is 0.771. The standard InChI is InChI=1S/C11H16N2O/c1-13-6-5-10-7-9(8-12-14-2)3-4-11(10)13/h3-4,7,12H,5-6,8H2,1-2H3. The second kappa shape index (κ2) is 3.98. The Morgan fingerprint density at radius 1 is 1.50 bits per heavy atom. The van der Waals surface area contributed by atoms with Gasteiger partial charge in [0.25, 0.3) is 0 Å². The minimum Gasteiger partial charge on any atom is -0.374 e. The molecule has 1 aliphatic heterocycles. The molecule has 1 aromatic carbocycles. The molecule has 76 valence electrons. The van der Waals surface area contributed by atoms with Gasteiger partial charge < -0.3 is 9.74 Å². The molecule has 1 aliphatic rings. The maximum absolute atomic E-state index is 4.83. The molecule has 0 amide bonds. The van der Waals surface area contributed by atoms with Gasteiger partial charge in [-0.05, 0) is 23.6 Å². The highest BCUT2D eigenvalue weighted by Gasteiger charge is 2.14. The van der Waals surface area contributed by atoms with Gasteiger partial charge in [0.1, 0.15) is 0 Å². The number of hydrogen-bond acceptors (Lipinski definition) is 3. The first-order valence-corrected chi connectivity index (χ1v) is 4.90. The van der Waals surface area contributed by atoms with Gasteiger partial charge in [-0.3, -0.25) is 0 Å². The molecule has 0 aromatic heterocycles. The molecule has 2 rings (SSSR count). The van der Waals surface area contributed by atoms with Gasteiger partial charge in [0, 0.05) is 25.8 Å². The van der Waals surface area contributed by atoms with E-state index in [2.05, 4.69) is 35.6 Å². The number of nitrogens with zero attached hydrogens (tertiary/aromatic N) is 1. The van der Waals surface area contributed by atoms with E-state index in [1.165, 1.54) is 16.8 Å². The molecule has 0 unspecified atom stereocenters. The van der Waals surface area contributed by atoms with Gasteiger partial charge in [0.05, 0.1) is 7.11 Å². The number of fused-ring (bicyclic) bond motifs is 1. The Kier molecular flexibility index (Phi) is 2.70. The normalized spacial score (nSPS) is 14.6. The molecule has 0 bridgehead atoms. The number of likely N-dealkylation sites (N-methyl/N-ethyl adjacent to an activating group) is 1. The van der Waals surface area contributed by atoms with Crippen LogP contribution in [0.4, 0.5) is 5.69 Å². The topological polar surface area (TPSA) is 24.5 Å². The number of anilines is 1. The van der Waals surface area contributed by atoms with Gasteiger partial charge in [-0.15, -0.1) is 0 Å². The Hall–Kier alpha value is -1.06. The molecule has 1 heterocycles. The van der Waals surface area contributed by atoms with Gasteiger partial charge in [0.2, 0.25) is 0 Å². The third-order valence-corrected chi connectivity index (χ3v) is 2.69. The molecule has 14 heavy (non-hydrogen) atoms. The fraction of sp³-hybridized carbons (Fsp3) is 0.455. The minimum absolute atomic E-state index is 0.771. The zero-order valence-corrected chi connectivity index (χ0v) is 8.71. The average Bonchev–Trinajstić information content (AvgIpc) is 2.57. The van der Waals surface area contributed by atoms with Crippen molar-refractivity contribution in [3.8, 4) is 0 Å². The molecule has 3 nitrogen and oxygen atoms in total. The van der Waals surface area contributed by atoms with Crippen LogP contribution in [0.5, 0.6) is 0 Å². The van der Waals surface area contributed by atoms with E-state index in [0.717, 1.165) is 19.5 Å². The Morgan fingerprint density at radius 2 is 2.36 bits per heavy atom. The summed E-state index contributed by atoms with van der Waals surface area (Å²) >= 11 is 0. The van der Waals surface area contributed by atoms with Gasteiger partial charge in [0.15, 0.2) is 0 Å². The van der Waals surface area contributed by atoms with Crippen LogP contribution in [0.2, 0.25) is 0 Å². The van der Waals surface area contributed by atoms with Crippen molar-refractivity contribution in [3.05, 3.63) is 29.3 Å². The third kappa shape index (κ3) is 1.74. The van der Waals surface area contributed by atoms with E-state index in [-0.39, 0.29) is 0 Å². The molecule has 0 saturated heterocycles. The summed E-state index contributed by atoms with van der Waals surface area (Å²) in [6.07, 6.45) is 1.16. The summed E-state index contributed by atoms with van der Waals surface area (Å²) in [5, 5.41) is 0. The summed E-state index contributed by atoms with van der Waals surface area (Å²) < 4.78 is 0. The largest absolute Gasteiger partial charge is 0.374 e. The van der Waals surface area contributed by atoms with Crippen LogP contribution in [0.3, 0.4) is 0 Å². The third-order valence-electron chi connectivity index (χ3n) is 2.69. The van der Waals surface area contributed by atoms with Crippen molar-refractivity contribution >= 4 is 5.69 Å². The quantitative estimate of drug-likeness (QED) is 0.731. The molecule has 0 atom stereocenters. The van der Waals surface area contributed by atoms with Crippen LogP contribution >= 0.6 is 0 Å². The molecule has 1 N–H and O–H groups in total. The van der Waals surface area contributed by atoms with Crippen molar-refractivity contribution in [2.24, 2.45) is 0 Å². The van der Waals surface area contributed by atoms with Gasteiger partial charge in [-0.25, -0.2) is 0 Å². The summed E-state index contributed by atoms with van der Waals surface area (Å²) in [4.78, 5) is 7.12. The highest BCUT2D eigenvalue weighted by atomic mass is 16.6. The zero-order chi connectivity index (χ0) is 9.97. The smallest absolute Gasteiger partial charge is 0.0572 e. The maximum Gasteiger partial charge on any atom is 0.0572 e. The Balaban J connectivity index is 2.15. The van der Waals surface area contributed by atoms with Crippen molar-refractivity contribution in [3.63, 3.8) is 0 Å². The van der Waals surface area contributed by atoms with Crippen LogP contribution in [-0.2, 0) is 17.8 Å². The molecule has 0 radical (unpaired) electrons. The first-order valence-electron chi connectivity index (χ1n) is 4.90. The molecule has 0 fully saturated rings. The fourth-order valence-electron chi connectivity index (χ4n) is 1.89. The van der Waals surface area contributed by atoms with Crippen LogP contribution < -0.4 is 10.4 Å². The lowest BCUT2D eigenvalue weighted by Crippen LogP contribution is -2.12. The van der Waals surface area contributed by atoms with E-state index < -0.39 is 0 Å². The highest BCUT2D eigenvalue weighted by molar-refractivity contribution is 5.58. The van der Waals surface area contributed by atoms with E-state index in [4.69, 9.17) is 4.84 Å². The SMILES string of the molecule is CONCc1ccc2c(c1)CCN2C. The Labute approximate surface area is 84.6 Å². The molecule has 0 spiro atoms. The Bertz CT molecular complexity index is 325. The zero-order valence-electron chi connectivity index (χ0n) is 8.71. The highest BCUT2D eigenvalue weighted by Crippen LogP contribution is 2.27. The number of hydrogen-bond donors (Lipinski definition) is 1. The Morgan fingerprint density at radius 3 is 3.14 bits per heavy atom. The predicted molar refractivity (Wildman–Crippen MR) is 57.3 cm³/mol. The van der Waals surface area contributed by atoms with E-state index in [1.54, 1.807) is 7.11 Å². The van der Waals surface area contributed by atoms with Crippen molar-refractivity contribution < 1.29 is 4.84 Å².